The fourth-order valence-corrected chi connectivity index (χ4v) is 16.9. The van der Waals surface area contributed by atoms with Crippen LogP contribution < -0.4 is 0 Å². The van der Waals surface area contributed by atoms with Gasteiger partial charge in [-0.2, -0.15) is 0 Å². The smallest absolute Gasteiger partial charge is 0.0653 e. The molecule has 4 aromatic rings. The molecule has 3 heteroatoms. The molecule has 1 fully saturated rings. The first-order valence-electron chi connectivity index (χ1n) is 13.8. The van der Waals surface area contributed by atoms with E-state index in [0.29, 0.717) is 17.0 Å². The molecule has 0 nitrogen and oxygen atoms in total. The Kier molecular flexibility index (Phi) is 8.97. The van der Waals surface area contributed by atoms with Gasteiger partial charge < -0.3 is 0 Å². The summed E-state index contributed by atoms with van der Waals surface area (Å²) in [7, 11) is 5.71. The Morgan fingerprint density at radius 3 is 1.65 bits per heavy atom. The van der Waals surface area contributed by atoms with Crippen LogP contribution in [0.1, 0.15) is 71.8 Å². The lowest BCUT2D eigenvalue weighted by Crippen LogP contribution is -2.12. The number of rotatable bonds is 10. The van der Waals surface area contributed by atoms with Gasteiger partial charge in [0.2, 0.25) is 0 Å². The van der Waals surface area contributed by atoms with E-state index in [4.69, 9.17) is 7.57 Å². The maximum absolute atomic E-state index is 7.91. The molecule has 1 aliphatic rings. The average Bonchev–Trinajstić information content (AvgIpc) is 3.29. The van der Waals surface area contributed by atoms with Crippen LogP contribution in [0, 0.1) is 0 Å². The highest BCUT2D eigenvalue weighted by Gasteiger charge is 2.55. The van der Waals surface area contributed by atoms with Gasteiger partial charge >= 0.3 is 7.57 Å². The van der Waals surface area contributed by atoms with Crippen molar-refractivity contribution in [1.82, 2.24) is 0 Å². The molecule has 3 unspecified atom stereocenters. The van der Waals surface area contributed by atoms with E-state index in [1.807, 2.05) is 0 Å². The van der Waals surface area contributed by atoms with Crippen molar-refractivity contribution in [3.63, 3.8) is 0 Å². The summed E-state index contributed by atoms with van der Waals surface area (Å²) in [6.45, 7) is 2.34. The van der Waals surface area contributed by atoms with Gasteiger partial charge in [-0.25, -0.2) is 0 Å². The third kappa shape index (κ3) is 6.11. The number of hydrogen-bond donors (Lipinski definition) is 0. The van der Waals surface area contributed by atoms with Crippen LogP contribution in [0.4, 0.5) is 0 Å². The highest BCUT2D eigenvalue weighted by molar-refractivity contribution is 8.02. The van der Waals surface area contributed by atoms with Crippen LogP contribution in [0.25, 0.3) is 0 Å². The van der Waals surface area contributed by atoms with Gasteiger partial charge in [-0.1, -0.05) is 143 Å². The summed E-state index contributed by atoms with van der Waals surface area (Å²) in [5.41, 5.74) is 7.43. The molecule has 0 bridgehead atoms. The second-order valence-corrected chi connectivity index (χ2v) is 17.0. The van der Waals surface area contributed by atoms with Gasteiger partial charge in [0, 0.05) is 5.66 Å². The zero-order valence-corrected chi connectivity index (χ0v) is 23.8. The van der Waals surface area contributed by atoms with Gasteiger partial charge in [0.25, 0.3) is 0 Å². The van der Waals surface area contributed by atoms with Crippen LogP contribution in [-0.2, 0) is 6.16 Å². The Bertz CT molecular complexity index is 1170. The third-order valence-electron chi connectivity index (χ3n) is 8.09. The summed E-state index contributed by atoms with van der Waals surface area (Å²) in [6.07, 6.45) is 5.98. The fraction of sp³-hybridized carbons (Fsp3) is 0.294. The molecule has 0 N–H and O–H groups in total. The van der Waals surface area contributed by atoms with E-state index in [1.165, 1.54) is 53.8 Å². The number of benzene rings is 4. The predicted molar refractivity (Wildman–Crippen MR) is 166 cm³/mol. The van der Waals surface area contributed by atoms with E-state index in [9.17, 15) is 0 Å². The lowest BCUT2D eigenvalue weighted by Gasteiger charge is -2.38. The molecule has 186 valence electrons. The van der Waals surface area contributed by atoms with Gasteiger partial charge in [0.05, 0.1) is 17.2 Å². The minimum absolute atomic E-state index is 0.352. The second kappa shape index (κ2) is 12.6. The topological polar surface area (TPSA) is 0 Å². The van der Waals surface area contributed by atoms with Crippen molar-refractivity contribution in [2.24, 2.45) is 0 Å². The van der Waals surface area contributed by atoms with Crippen LogP contribution in [-0.4, -0.2) is 13.5 Å². The van der Waals surface area contributed by atoms with Crippen molar-refractivity contribution in [3.8, 4) is 0 Å². The first-order chi connectivity index (χ1) is 18.2. The average molecular weight is 519 g/mol. The highest BCUT2D eigenvalue weighted by Crippen LogP contribution is 2.86. The Balaban J connectivity index is 1.58. The van der Waals surface area contributed by atoms with Crippen molar-refractivity contribution in [3.05, 3.63) is 144 Å². The van der Waals surface area contributed by atoms with E-state index in [1.54, 1.807) is 0 Å². The van der Waals surface area contributed by atoms with Crippen molar-refractivity contribution >= 4 is 22.6 Å². The predicted octanol–water partition coefficient (Wildman–Crippen LogP) is 10.5. The monoisotopic (exact) mass is 519 g/mol. The van der Waals surface area contributed by atoms with E-state index < -0.39 is 7.14 Å². The molecular weight excluding hydrogens is 481 g/mol. The molecule has 0 spiro atoms. The van der Waals surface area contributed by atoms with Gasteiger partial charge in [-0.3, -0.25) is 0 Å². The molecule has 2 radical (unpaired) electrons. The summed E-state index contributed by atoms with van der Waals surface area (Å²) in [5, 5.41) is 0. The Hall–Kier alpha value is -2.20. The fourth-order valence-electron chi connectivity index (χ4n) is 6.35. The second-order valence-electron chi connectivity index (χ2n) is 10.5. The molecule has 4 aromatic carbocycles. The highest BCUT2D eigenvalue weighted by atomic mass is 31.2. The van der Waals surface area contributed by atoms with Gasteiger partial charge in [0.1, 0.15) is 0 Å². The van der Waals surface area contributed by atoms with Crippen molar-refractivity contribution < 1.29 is 0 Å². The molecule has 0 aliphatic carbocycles. The lowest BCUT2D eigenvalue weighted by molar-refractivity contribution is 0.765. The molecule has 5 rings (SSSR count). The Morgan fingerprint density at radius 1 is 0.703 bits per heavy atom. The Morgan fingerprint density at radius 2 is 1.16 bits per heavy atom. The normalized spacial score (nSPS) is 22.9. The molecule has 0 aromatic heterocycles. The van der Waals surface area contributed by atoms with E-state index in [0.717, 1.165) is 6.16 Å². The van der Waals surface area contributed by atoms with Crippen LogP contribution in [0.5, 0.6) is 0 Å². The molecule has 1 aliphatic heterocycles. The molecule has 0 saturated carbocycles. The van der Waals surface area contributed by atoms with E-state index >= 15 is 0 Å². The standard InChI is InChI=1S/C34H38BP2/c1-2-15-32(29-18-9-4-10-19-29)36(26-28-16-7-3-8-17-28)27-37(35)33(30-20-11-5-12-21-30)24-25-34(37)31-22-13-6-14-23-31/h3-14,16-23,32-34H,2,15,24-27H2,1H3/q+1/t32-,33-,34?,36?,37?/m1/s1. The van der Waals surface area contributed by atoms with Crippen molar-refractivity contribution in [1.29, 1.82) is 0 Å². The van der Waals surface area contributed by atoms with E-state index in [-0.39, 0.29) is 7.92 Å². The maximum atomic E-state index is 7.91. The minimum atomic E-state index is -1.85. The summed E-state index contributed by atoms with van der Waals surface area (Å²) in [4.78, 5) is 0. The van der Waals surface area contributed by atoms with Crippen molar-refractivity contribution in [2.45, 2.75) is 55.7 Å². The summed E-state index contributed by atoms with van der Waals surface area (Å²) < 4.78 is 0. The zero-order chi connectivity index (χ0) is 25.5. The SMILES string of the molecule is [B][P+]1(CP(Cc2ccccc2)[C@H](CCC)c2ccccc2)C(c2ccccc2)CC[C@@H]1c1ccccc1. The molecule has 1 heterocycles. The summed E-state index contributed by atoms with van der Waals surface area (Å²) in [5.74, 6) is 1.19. The van der Waals surface area contributed by atoms with Crippen LogP contribution >= 0.6 is 15.1 Å². The minimum Gasteiger partial charge on any atom is -0.0653 e. The largest absolute Gasteiger partial charge is 0.366 e. The van der Waals surface area contributed by atoms with Crippen LogP contribution in [0.3, 0.4) is 0 Å². The molecule has 0 amide bonds. The van der Waals surface area contributed by atoms with Gasteiger partial charge in [-0.05, 0) is 54.8 Å². The zero-order valence-electron chi connectivity index (χ0n) is 22.0. The maximum Gasteiger partial charge on any atom is 0.366 e. The quantitative estimate of drug-likeness (QED) is 0.144. The van der Waals surface area contributed by atoms with Gasteiger partial charge in [-0.15, -0.1) is 0 Å². The third-order valence-corrected chi connectivity index (χ3v) is 17.1. The summed E-state index contributed by atoms with van der Waals surface area (Å²) in [6, 6.07) is 44.9. The van der Waals surface area contributed by atoms with Crippen molar-refractivity contribution in [2.75, 3.05) is 5.90 Å². The first-order valence-corrected chi connectivity index (χ1v) is 17.7. The number of hydrogen-bond acceptors (Lipinski definition) is 0. The molecular formula is C34H38BP2+. The van der Waals surface area contributed by atoms with Gasteiger partial charge in [0.15, 0.2) is 0 Å². The van der Waals surface area contributed by atoms with E-state index in [2.05, 4.69) is 128 Å². The summed E-state index contributed by atoms with van der Waals surface area (Å²) >= 11 is 0. The molecule has 1 saturated heterocycles. The molecule has 5 atom stereocenters. The first kappa shape index (κ1) is 26.4. The molecule has 37 heavy (non-hydrogen) atoms. The Labute approximate surface area is 227 Å². The lowest BCUT2D eigenvalue weighted by atomic mass is 10.0. The van der Waals surface area contributed by atoms with Crippen LogP contribution in [0.2, 0.25) is 0 Å². The van der Waals surface area contributed by atoms with Crippen LogP contribution in [0.15, 0.2) is 121 Å².